The van der Waals surface area contributed by atoms with Gasteiger partial charge in [-0.2, -0.15) is 0 Å². The number of aryl methyl sites for hydroxylation is 14. The molecule has 0 spiro atoms. The number of hydrogen-bond acceptors (Lipinski definition) is 12. The lowest BCUT2D eigenvalue weighted by Crippen LogP contribution is -1.86. The Balaban J connectivity index is -0.000000127. The van der Waals surface area contributed by atoms with Gasteiger partial charge in [-0.3, -0.25) is 29.9 Å². The van der Waals surface area contributed by atoms with E-state index in [-0.39, 0.29) is 0 Å². The monoisotopic (exact) mass is 965 g/mol. The zero-order chi connectivity index (χ0) is 55.9. The lowest BCUT2D eigenvalue weighted by molar-refractivity contribution is 1.01. The van der Waals surface area contributed by atoms with Gasteiger partial charge < -0.3 is 0 Å². The fourth-order valence-corrected chi connectivity index (χ4v) is 4.06. The SMILES string of the molecule is CC.CC.CC.CC.CC.CC.CC.Cc1cc(C)ncn1.Cc1ccnc(C)c1.Cc1ccnc(C)n1.Cc1cnc(C)cn1.Cc1cnc(C)nc1.Cc1cncc(C)c1.Cc1cncc(C)n1. The first-order valence-corrected chi connectivity index (χ1v) is 25.1. The molecule has 7 rings (SSSR count). The van der Waals surface area contributed by atoms with E-state index in [0.717, 1.165) is 62.8 Å². The lowest BCUT2D eigenvalue weighted by atomic mass is 10.2. The van der Waals surface area contributed by atoms with Crippen LogP contribution in [0.25, 0.3) is 0 Å². The van der Waals surface area contributed by atoms with Crippen molar-refractivity contribution in [2.24, 2.45) is 0 Å². The van der Waals surface area contributed by atoms with E-state index in [0.29, 0.717) is 0 Å². The average molecular weight is 966 g/mol. The van der Waals surface area contributed by atoms with E-state index in [1.54, 1.807) is 37.3 Å². The summed E-state index contributed by atoms with van der Waals surface area (Å²) < 4.78 is 0. The Kier molecular flexibility index (Phi) is 65.5. The van der Waals surface area contributed by atoms with Gasteiger partial charge in [0.2, 0.25) is 0 Å². The van der Waals surface area contributed by atoms with Gasteiger partial charge in [-0.1, -0.05) is 103 Å². The highest BCUT2D eigenvalue weighted by molar-refractivity contribution is 5.14. The highest BCUT2D eigenvalue weighted by atomic mass is 14.9. The van der Waals surface area contributed by atoms with Gasteiger partial charge in [0.05, 0.1) is 22.8 Å². The minimum absolute atomic E-state index is 0.829. The van der Waals surface area contributed by atoms with E-state index in [9.17, 15) is 0 Å². The van der Waals surface area contributed by atoms with Crippen LogP contribution in [0.2, 0.25) is 0 Å². The van der Waals surface area contributed by atoms with Crippen molar-refractivity contribution in [1.82, 2.24) is 59.8 Å². The zero-order valence-electron chi connectivity index (χ0n) is 49.6. The van der Waals surface area contributed by atoms with Gasteiger partial charge in [0.15, 0.2) is 0 Å². The molecule has 392 valence electrons. The Labute approximate surface area is 430 Å². The van der Waals surface area contributed by atoms with Gasteiger partial charge in [0.25, 0.3) is 0 Å². The van der Waals surface area contributed by atoms with E-state index in [1.807, 2.05) is 236 Å². The van der Waals surface area contributed by atoms with Crippen LogP contribution >= 0.6 is 0 Å². The lowest BCUT2D eigenvalue weighted by Gasteiger charge is -1.90. The summed E-state index contributed by atoms with van der Waals surface area (Å²) in [5, 5.41) is 0. The topological polar surface area (TPSA) is 155 Å². The van der Waals surface area contributed by atoms with Crippen molar-refractivity contribution in [2.75, 3.05) is 0 Å². The van der Waals surface area contributed by atoms with E-state index < -0.39 is 0 Å². The minimum Gasteiger partial charge on any atom is -0.264 e. The summed E-state index contributed by atoms with van der Waals surface area (Å²) in [4.78, 5) is 47.9. The number of nitrogens with zero attached hydrogens (tertiary/aromatic N) is 12. The molecule has 0 bridgehead atoms. The smallest absolute Gasteiger partial charge is 0.125 e. The molecule has 0 aromatic carbocycles. The number of hydrogen-bond donors (Lipinski definition) is 0. The fraction of sp³-hybridized carbons (Fsp3) is 0.483. The van der Waals surface area contributed by atoms with Crippen molar-refractivity contribution in [2.45, 2.75) is 194 Å². The average Bonchev–Trinajstić information content (AvgIpc) is 3.36. The Hall–Kier alpha value is -6.30. The van der Waals surface area contributed by atoms with Crippen LogP contribution in [0.15, 0.2) is 98.6 Å². The minimum atomic E-state index is 0.829. The molecule has 0 unspecified atom stereocenters. The molecule has 0 N–H and O–H groups in total. The number of aromatic nitrogens is 12. The molecule has 0 amide bonds. The zero-order valence-corrected chi connectivity index (χ0v) is 49.6. The standard InChI is InChI=1S/2C7H9N.5C6H8N2.7C2H6/c1-6-3-7(2)5-8-4-6;1-6-3-4-8-7(2)5-6;1-5-3-8-6(2)4-7-5;1-5-3-7-4-6(2)8-5;1-5-3-6(2)8-4-7-5;1-5-3-7-6(2)8-4-5;1-5-3-4-7-6(2)8-5;7*1-2/h2*3-5H,1-2H3;5*3-4H,1-2H3;7*1-2H3. The summed E-state index contributed by atoms with van der Waals surface area (Å²) in [5.74, 6) is 1.67. The molecule has 0 aliphatic rings. The van der Waals surface area contributed by atoms with Crippen LogP contribution in [-0.4, -0.2) is 59.8 Å². The summed E-state index contributed by atoms with van der Waals surface area (Å²) in [6, 6.07) is 9.98. The van der Waals surface area contributed by atoms with Crippen molar-refractivity contribution in [3.05, 3.63) is 178 Å². The second kappa shape index (κ2) is 58.8. The Bertz CT molecular complexity index is 1680. The summed E-state index contributed by atoms with van der Waals surface area (Å²) in [5.41, 5.74) is 12.9. The number of pyridine rings is 2. The molecule has 12 nitrogen and oxygen atoms in total. The maximum Gasteiger partial charge on any atom is 0.125 e. The van der Waals surface area contributed by atoms with Crippen molar-refractivity contribution in [3.63, 3.8) is 0 Å². The molecular formula is C58H100N12. The molecule has 7 heterocycles. The summed E-state index contributed by atoms with van der Waals surface area (Å²) in [7, 11) is 0. The maximum absolute atomic E-state index is 4.11. The van der Waals surface area contributed by atoms with Crippen LogP contribution in [0.5, 0.6) is 0 Å². The highest BCUT2D eigenvalue weighted by Gasteiger charge is 1.87. The molecule has 70 heavy (non-hydrogen) atoms. The molecule has 7 aromatic heterocycles. The number of rotatable bonds is 0. The Morgan fingerprint density at radius 2 is 0.643 bits per heavy atom. The van der Waals surface area contributed by atoms with Crippen molar-refractivity contribution < 1.29 is 0 Å². The first-order chi connectivity index (χ1) is 33.5. The summed E-state index contributed by atoms with van der Waals surface area (Å²) in [6.07, 6.45) is 19.5. The first kappa shape index (κ1) is 77.9. The molecular weight excluding hydrogens is 865 g/mol. The van der Waals surface area contributed by atoms with Crippen LogP contribution < -0.4 is 0 Å². The summed E-state index contributed by atoms with van der Waals surface area (Å²) in [6.45, 7) is 55.4. The molecule has 12 heteroatoms. The van der Waals surface area contributed by atoms with E-state index in [2.05, 4.69) is 78.9 Å². The Morgan fingerprint density at radius 1 is 0.243 bits per heavy atom. The second-order valence-corrected chi connectivity index (χ2v) is 13.0. The predicted molar refractivity (Wildman–Crippen MR) is 304 cm³/mol. The van der Waals surface area contributed by atoms with Gasteiger partial charge >= 0.3 is 0 Å². The maximum atomic E-state index is 4.11. The predicted octanol–water partition coefficient (Wildman–Crippen LogP) is 16.0. The van der Waals surface area contributed by atoms with Crippen LogP contribution in [0.3, 0.4) is 0 Å². The Morgan fingerprint density at radius 3 is 0.886 bits per heavy atom. The van der Waals surface area contributed by atoms with Gasteiger partial charge in [-0.25, -0.2) is 29.9 Å². The molecule has 0 atom stereocenters. The van der Waals surface area contributed by atoms with Crippen LogP contribution in [-0.2, 0) is 0 Å². The van der Waals surface area contributed by atoms with E-state index in [1.165, 1.54) is 16.7 Å². The van der Waals surface area contributed by atoms with Crippen molar-refractivity contribution >= 4 is 0 Å². The summed E-state index contributed by atoms with van der Waals surface area (Å²) >= 11 is 0. The molecule has 0 radical (unpaired) electrons. The quantitative estimate of drug-likeness (QED) is 0.142. The molecule has 0 fully saturated rings. The van der Waals surface area contributed by atoms with Gasteiger partial charge in [-0.15, -0.1) is 0 Å². The van der Waals surface area contributed by atoms with Crippen LogP contribution in [0, 0.1) is 96.9 Å². The third-order valence-corrected chi connectivity index (χ3v) is 6.62. The fourth-order valence-electron chi connectivity index (χ4n) is 4.06. The normalized spacial score (nSPS) is 8.00. The van der Waals surface area contributed by atoms with Crippen LogP contribution in [0.1, 0.15) is 176 Å². The van der Waals surface area contributed by atoms with Gasteiger partial charge in [-0.05, 0) is 143 Å². The molecule has 0 saturated carbocycles. The van der Waals surface area contributed by atoms with Gasteiger partial charge in [0.1, 0.15) is 18.0 Å². The van der Waals surface area contributed by atoms with Crippen molar-refractivity contribution in [1.29, 1.82) is 0 Å². The largest absolute Gasteiger partial charge is 0.264 e. The van der Waals surface area contributed by atoms with E-state index >= 15 is 0 Å². The van der Waals surface area contributed by atoms with E-state index in [4.69, 9.17) is 0 Å². The molecule has 0 aliphatic heterocycles. The second-order valence-electron chi connectivity index (χ2n) is 13.0. The first-order valence-electron chi connectivity index (χ1n) is 25.1. The highest BCUT2D eigenvalue weighted by Crippen LogP contribution is 1.98. The van der Waals surface area contributed by atoms with Gasteiger partial charge in [0, 0.05) is 84.7 Å². The molecule has 0 saturated heterocycles. The molecule has 7 aromatic rings. The third kappa shape index (κ3) is 56.0. The third-order valence-electron chi connectivity index (χ3n) is 6.62. The van der Waals surface area contributed by atoms with Crippen LogP contribution in [0.4, 0.5) is 0 Å². The van der Waals surface area contributed by atoms with Crippen molar-refractivity contribution in [3.8, 4) is 0 Å². The molecule has 0 aliphatic carbocycles.